The number of aliphatic carboxylic acids is 1. The van der Waals surface area contributed by atoms with Gasteiger partial charge in [0.2, 0.25) is 0 Å². The van der Waals surface area contributed by atoms with Gasteiger partial charge >= 0.3 is 5.97 Å². The van der Waals surface area contributed by atoms with Gasteiger partial charge in [0.05, 0.1) is 16.8 Å². The lowest BCUT2D eigenvalue weighted by molar-refractivity contribution is -0.160. The Morgan fingerprint density at radius 3 is 2.41 bits per heavy atom. The second kappa shape index (κ2) is 10.6. The summed E-state index contributed by atoms with van der Waals surface area (Å²) >= 11 is 0. The van der Waals surface area contributed by atoms with Crippen LogP contribution in [0.1, 0.15) is 86.3 Å². The summed E-state index contributed by atoms with van der Waals surface area (Å²) in [6, 6.07) is 6.43. The van der Waals surface area contributed by atoms with Crippen LogP contribution in [0.15, 0.2) is 30.5 Å². The molecule has 2 N–H and O–H groups in total. The zero-order valence-corrected chi connectivity index (χ0v) is 23.9. The summed E-state index contributed by atoms with van der Waals surface area (Å²) in [5, 5.41) is 17.7. The Bertz CT molecular complexity index is 1400. The number of amides is 1. The maximum absolute atomic E-state index is 13.6. The number of pyridine rings is 1. The first-order valence-corrected chi connectivity index (χ1v) is 13.4. The van der Waals surface area contributed by atoms with E-state index in [1.54, 1.807) is 35.8 Å². The number of anilines is 1. The van der Waals surface area contributed by atoms with E-state index in [2.05, 4.69) is 29.2 Å². The smallest absolute Gasteiger partial charge is 0.337 e. The van der Waals surface area contributed by atoms with E-state index in [-0.39, 0.29) is 29.4 Å². The van der Waals surface area contributed by atoms with Crippen molar-refractivity contribution in [1.82, 2.24) is 14.9 Å². The number of hydrogen-bond acceptors (Lipinski definition) is 5. The van der Waals surface area contributed by atoms with Crippen molar-refractivity contribution in [2.75, 3.05) is 18.0 Å². The highest BCUT2D eigenvalue weighted by Gasteiger charge is 2.35. The third-order valence-electron chi connectivity index (χ3n) is 7.27. The van der Waals surface area contributed by atoms with E-state index in [0.717, 1.165) is 42.7 Å². The number of nitrogens with one attached hydrogen (secondary N) is 1. The average molecular weight is 539 g/mol. The summed E-state index contributed by atoms with van der Waals surface area (Å²) in [5.74, 6) is -1.73. The normalized spacial score (nSPS) is 16.4. The molecule has 1 atom stereocenters. The molecule has 3 heterocycles. The summed E-state index contributed by atoms with van der Waals surface area (Å²) in [7, 11) is 0. The van der Waals surface area contributed by atoms with Gasteiger partial charge in [0.1, 0.15) is 5.82 Å². The van der Waals surface area contributed by atoms with E-state index in [9.17, 15) is 19.1 Å². The van der Waals surface area contributed by atoms with E-state index in [4.69, 9.17) is 4.74 Å². The van der Waals surface area contributed by atoms with Crippen LogP contribution in [0.2, 0.25) is 0 Å². The van der Waals surface area contributed by atoms with Crippen LogP contribution in [-0.4, -0.2) is 45.3 Å². The van der Waals surface area contributed by atoms with Crippen molar-refractivity contribution in [2.24, 2.45) is 5.41 Å². The number of ether oxygens (including phenoxy) is 1. The first-order chi connectivity index (χ1) is 18.1. The second-order valence-corrected chi connectivity index (χ2v) is 12.3. The molecule has 9 heteroatoms. The molecule has 4 rings (SSSR count). The minimum Gasteiger partial charge on any atom is -0.479 e. The maximum Gasteiger partial charge on any atom is 0.337 e. The average Bonchev–Trinajstić information content (AvgIpc) is 3.25. The summed E-state index contributed by atoms with van der Waals surface area (Å²) in [6.45, 7) is 15.2. The molecule has 2 aromatic heterocycles. The summed E-state index contributed by atoms with van der Waals surface area (Å²) < 4.78 is 21.4. The van der Waals surface area contributed by atoms with Crippen LogP contribution in [0, 0.1) is 25.1 Å². The molecule has 3 aromatic rings. The molecular weight excluding hydrogens is 499 g/mol. The van der Waals surface area contributed by atoms with Crippen LogP contribution < -0.4 is 10.2 Å². The molecule has 1 saturated heterocycles. The molecular formula is C30H39FN4O4. The van der Waals surface area contributed by atoms with Crippen molar-refractivity contribution in [3.8, 4) is 0 Å². The highest BCUT2D eigenvalue weighted by Crippen LogP contribution is 2.41. The lowest BCUT2D eigenvalue weighted by Gasteiger charge is -2.40. The standard InChI is InChI=1S/C30H39FN4O4/c1-18-14-20(8-9-21(18)31)16-32-27(36)22-15-23-25(34-12-10-30(6,7)11-13-34)24(19(2)17-35(23)33-22)26(28(37)38)39-29(3,4)5/h8-9,14-15,17,26H,10-13,16H2,1-7H3,(H,32,36)(H,37,38). The topological polar surface area (TPSA) is 96.2 Å². The number of carbonyl (C=O) groups is 2. The summed E-state index contributed by atoms with van der Waals surface area (Å²) in [4.78, 5) is 27.9. The fourth-order valence-corrected chi connectivity index (χ4v) is 5.03. The number of nitrogens with zero attached hydrogens (tertiary/aromatic N) is 3. The first kappa shape index (κ1) is 28.5. The number of benzene rings is 1. The molecule has 0 bridgehead atoms. The number of aromatic nitrogens is 2. The van der Waals surface area contributed by atoms with Crippen molar-refractivity contribution >= 4 is 23.1 Å². The van der Waals surface area contributed by atoms with Gasteiger partial charge in [-0.3, -0.25) is 4.79 Å². The minimum absolute atomic E-state index is 0.189. The zero-order chi connectivity index (χ0) is 28.7. The van der Waals surface area contributed by atoms with Crippen molar-refractivity contribution < 1.29 is 23.8 Å². The molecule has 1 amide bonds. The SMILES string of the molecule is Cc1cc(CNC(=O)c2cc3c(N4CCC(C)(C)CC4)c(C(OC(C)(C)C)C(=O)O)c(C)cn3n2)ccc1F. The van der Waals surface area contributed by atoms with Crippen molar-refractivity contribution in [3.05, 3.63) is 64.2 Å². The van der Waals surface area contributed by atoms with Gasteiger partial charge in [-0.05, 0) is 81.7 Å². The van der Waals surface area contributed by atoms with Crippen LogP contribution in [0.5, 0.6) is 0 Å². The molecule has 1 unspecified atom stereocenters. The van der Waals surface area contributed by atoms with Gasteiger partial charge in [-0.25, -0.2) is 13.7 Å². The lowest BCUT2D eigenvalue weighted by atomic mass is 9.82. The van der Waals surface area contributed by atoms with Gasteiger partial charge in [-0.1, -0.05) is 26.0 Å². The predicted molar refractivity (Wildman–Crippen MR) is 149 cm³/mol. The van der Waals surface area contributed by atoms with E-state index in [1.807, 2.05) is 27.7 Å². The molecule has 0 spiro atoms. The molecule has 39 heavy (non-hydrogen) atoms. The van der Waals surface area contributed by atoms with E-state index >= 15 is 0 Å². The zero-order valence-electron chi connectivity index (χ0n) is 23.9. The van der Waals surface area contributed by atoms with Crippen molar-refractivity contribution in [3.63, 3.8) is 0 Å². The van der Waals surface area contributed by atoms with Crippen molar-refractivity contribution in [1.29, 1.82) is 0 Å². The summed E-state index contributed by atoms with van der Waals surface area (Å²) in [6.07, 6.45) is 2.46. The Morgan fingerprint density at radius 1 is 1.15 bits per heavy atom. The molecule has 0 saturated carbocycles. The quantitative estimate of drug-likeness (QED) is 0.407. The molecule has 1 aliphatic heterocycles. The molecule has 0 aliphatic carbocycles. The third-order valence-corrected chi connectivity index (χ3v) is 7.27. The van der Waals surface area contributed by atoms with Gasteiger partial charge < -0.3 is 20.1 Å². The van der Waals surface area contributed by atoms with Gasteiger partial charge in [-0.15, -0.1) is 0 Å². The van der Waals surface area contributed by atoms with Gasteiger partial charge in [0.15, 0.2) is 11.8 Å². The van der Waals surface area contributed by atoms with Gasteiger partial charge in [0, 0.05) is 31.4 Å². The number of aryl methyl sites for hydroxylation is 2. The van der Waals surface area contributed by atoms with Crippen LogP contribution in [0.3, 0.4) is 0 Å². The number of hydrogen-bond donors (Lipinski definition) is 2. The highest BCUT2D eigenvalue weighted by atomic mass is 19.1. The fraction of sp³-hybridized carbons (Fsp3) is 0.500. The number of carbonyl (C=O) groups excluding carboxylic acids is 1. The van der Waals surface area contributed by atoms with E-state index in [0.29, 0.717) is 16.6 Å². The monoisotopic (exact) mass is 538 g/mol. The second-order valence-electron chi connectivity index (χ2n) is 12.3. The number of piperidine rings is 1. The maximum atomic E-state index is 13.6. The van der Waals surface area contributed by atoms with Crippen LogP contribution in [0.25, 0.3) is 5.52 Å². The number of fused-ring (bicyclic) bond motifs is 1. The predicted octanol–water partition coefficient (Wildman–Crippen LogP) is 5.59. The van der Waals surface area contributed by atoms with Gasteiger partial charge in [-0.2, -0.15) is 5.10 Å². The Hall–Kier alpha value is -3.46. The largest absolute Gasteiger partial charge is 0.479 e. The molecule has 210 valence electrons. The Morgan fingerprint density at radius 2 is 1.82 bits per heavy atom. The molecule has 1 aromatic carbocycles. The molecule has 1 fully saturated rings. The molecule has 0 radical (unpaired) electrons. The highest BCUT2D eigenvalue weighted by molar-refractivity contribution is 5.95. The van der Waals surface area contributed by atoms with Crippen LogP contribution in [0.4, 0.5) is 10.1 Å². The Balaban J connectivity index is 1.76. The van der Waals surface area contributed by atoms with Crippen LogP contribution in [-0.2, 0) is 16.1 Å². The fourth-order valence-electron chi connectivity index (χ4n) is 5.03. The number of rotatable bonds is 7. The summed E-state index contributed by atoms with van der Waals surface area (Å²) in [5.41, 5.74) is 3.70. The van der Waals surface area contributed by atoms with Gasteiger partial charge in [0.25, 0.3) is 5.91 Å². The lowest BCUT2D eigenvalue weighted by Crippen LogP contribution is -2.39. The minimum atomic E-state index is -1.19. The first-order valence-electron chi connectivity index (χ1n) is 13.4. The van der Waals surface area contributed by atoms with E-state index in [1.165, 1.54) is 6.07 Å². The van der Waals surface area contributed by atoms with E-state index < -0.39 is 17.7 Å². The number of halogens is 1. The Labute approximate surface area is 229 Å². The van der Waals surface area contributed by atoms with Crippen LogP contribution >= 0.6 is 0 Å². The number of carboxylic acid groups (broad SMARTS) is 1. The molecule has 1 aliphatic rings. The van der Waals surface area contributed by atoms with Crippen molar-refractivity contribution in [2.45, 2.75) is 79.6 Å². The number of carboxylic acids is 1. The molecule has 8 nitrogen and oxygen atoms in total. The third kappa shape index (κ3) is 6.41. The Kier molecular flexibility index (Phi) is 7.76.